The summed E-state index contributed by atoms with van der Waals surface area (Å²) < 4.78 is 14.9. The summed E-state index contributed by atoms with van der Waals surface area (Å²) in [5.41, 5.74) is 5.43. The monoisotopic (exact) mass is 451 g/mol. The van der Waals surface area contributed by atoms with Crippen molar-refractivity contribution in [3.63, 3.8) is 0 Å². The van der Waals surface area contributed by atoms with Gasteiger partial charge in [0.05, 0.1) is 23.5 Å². The van der Waals surface area contributed by atoms with Crippen molar-refractivity contribution in [1.82, 2.24) is 24.9 Å². The lowest BCUT2D eigenvalue weighted by molar-refractivity contribution is 0.0938. The van der Waals surface area contributed by atoms with E-state index in [0.29, 0.717) is 22.7 Å². The third kappa shape index (κ3) is 4.28. The summed E-state index contributed by atoms with van der Waals surface area (Å²) >= 11 is 0. The zero-order chi connectivity index (χ0) is 23.7. The van der Waals surface area contributed by atoms with Crippen molar-refractivity contribution in [3.05, 3.63) is 108 Å². The molecule has 0 saturated carbocycles. The molecule has 5 aromatic rings. The zero-order valence-corrected chi connectivity index (χ0v) is 18.7. The van der Waals surface area contributed by atoms with Crippen molar-refractivity contribution in [3.8, 4) is 22.5 Å². The first-order valence-corrected chi connectivity index (χ1v) is 10.9. The lowest BCUT2D eigenvalue weighted by Gasteiger charge is -2.14. The number of nitrogens with one attached hydrogen (secondary N) is 1. The minimum atomic E-state index is -0.420. The van der Waals surface area contributed by atoms with Crippen LogP contribution >= 0.6 is 0 Å². The van der Waals surface area contributed by atoms with Crippen molar-refractivity contribution < 1.29 is 9.18 Å². The maximum atomic E-state index is 13.2. The van der Waals surface area contributed by atoms with Gasteiger partial charge in [-0.1, -0.05) is 60.2 Å². The van der Waals surface area contributed by atoms with Crippen molar-refractivity contribution in [1.29, 1.82) is 0 Å². The Labute approximate surface area is 196 Å². The Morgan fingerprint density at radius 2 is 1.76 bits per heavy atom. The fourth-order valence-corrected chi connectivity index (χ4v) is 3.76. The Morgan fingerprint density at radius 1 is 1.00 bits per heavy atom. The molecular formula is C27H22FN5O. The second-order valence-electron chi connectivity index (χ2n) is 8.17. The van der Waals surface area contributed by atoms with Gasteiger partial charge in [0.25, 0.3) is 5.91 Å². The normalized spacial score (nSPS) is 12.0. The Morgan fingerprint density at radius 3 is 2.47 bits per heavy atom. The number of nitrogens with zero attached hydrogens (tertiary/aromatic N) is 4. The van der Waals surface area contributed by atoms with Gasteiger partial charge in [-0.2, -0.15) is 0 Å². The van der Waals surface area contributed by atoms with E-state index in [0.717, 1.165) is 28.5 Å². The first-order chi connectivity index (χ1) is 16.5. The van der Waals surface area contributed by atoms with E-state index < -0.39 is 11.9 Å². The summed E-state index contributed by atoms with van der Waals surface area (Å²) in [6, 6.07) is 22.1. The fraction of sp³-hybridized carbons (Fsp3) is 0.111. The average molecular weight is 452 g/mol. The van der Waals surface area contributed by atoms with E-state index in [2.05, 4.69) is 15.4 Å². The van der Waals surface area contributed by atoms with Gasteiger partial charge in [-0.3, -0.25) is 9.78 Å². The lowest BCUT2D eigenvalue weighted by Crippen LogP contribution is -2.27. The summed E-state index contributed by atoms with van der Waals surface area (Å²) in [5, 5.41) is 7.59. The van der Waals surface area contributed by atoms with E-state index in [9.17, 15) is 9.18 Å². The summed E-state index contributed by atoms with van der Waals surface area (Å²) in [4.78, 5) is 22.0. The van der Waals surface area contributed by atoms with E-state index in [1.165, 1.54) is 6.07 Å². The second kappa shape index (κ2) is 8.86. The molecule has 168 valence electrons. The van der Waals surface area contributed by atoms with Crippen LogP contribution in [0, 0.1) is 12.7 Å². The van der Waals surface area contributed by atoms with Crippen LogP contribution in [0.1, 0.15) is 34.6 Å². The maximum Gasteiger partial charge on any atom is 0.253 e. The third-order valence-electron chi connectivity index (χ3n) is 5.63. The summed E-state index contributed by atoms with van der Waals surface area (Å²) in [7, 11) is 0. The van der Waals surface area contributed by atoms with Gasteiger partial charge >= 0.3 is 0 Å². The standard InChI is InChI=1S/C27H22FN5O/c1-17-8-10-19(11-9-17)23-14-21(27(34)30-18(2)24-13-12-22(28)15-29-24)16-33-26(23)31-25(32-33)20-6-4-3-5-7-20/h3-16,18H,1-2H3,(H,30,34)/t18-/m1/s1. The minimum Gasteiger partial charge on any atom is -0.344 e. The first-order valence-electron chi connectivity index (χ1n) is 10.9. The van der Waals surface area contributed by atoms with Gasteiger partial charge in [-0.05, 0) is 37.6 Å². The molecule has 2 aromatic carbocycles. The van der Waals surface area contributed by atoms with Crippen LogP contribution in [0.4, 0.5) is 4.39 Å². The van der Waals surface area contributed by atoms with E-state index >= 15 is 0 Å². The van der Waals surface area contributed by atoms with Gasteiger partial charge in [0.1, 0.15) is 5.82 Å². The number of carbonyl (C=O) groups excluding carboxylic acids is 1. The van der Waals surface area contributed by atoms with Gasteiger partial charge in [0.15, 0.2) is 11.5 Å². The number of benzene rings is 2. The number of aryl methyl sites for hydroxylation is 1. The summed E-state index contributed by atoms with van der Waals surface area (Å²) in [5.74, 6) is -0.128. The third-order valence-corrected chi connectivity index (χ3v) is 5.63. The first kappa shape index (κ1) is 21.5. The van der Waals surface area contributed by atoms with Crippen molar-refractivity contribution in [2.45, 2.75) is 19.9 Å². The Kier molecular flexibility index (Phi) is 5.59. The van der Waals surface area contributed by atoms with E-state index in [4.69, 9.17) is 4.98 Å². The molecule has 1 N–H and O–H groups in total. The second-order valence-corrected chi connectivity index (χ2v) is 8.17. The fourth-order valence-electron chi connectivity index (χ4n) is 3.76. The van der Waals surface area contributed by atoms with E-state index in [1.54, 1.807) is 23.7 Å². The molecule has 0 saturated heterocycles. The number of amides is 1. The van der Waals surface area contributed by atoms with E-state index in [-0.39, 0.29) is 5.91 Å². The predicted molar refractivity (Wildman–Crippen MR) is 129 cm³/mol. The molecule has 1 atom stereocenters. The van der Waals surface area contributed by atoms with Gasteiger partial charge < -0.3 is 5.32 Å². The van der Waals surface area contributed by atoms with Crippen LogP contribution in [0.3, 0.4) is 0 Å². The smallest absolute Gasteiger partial charge is 0.253 e. The number of fused-ring (bicyclic) bond motifs is 1. The number of hydrogen-bond acceptors (Lipinski definition) is 4. The lowest BCUT2D eigenvalue weighted by atomic mass is 10.0. The van der Waals surface area contributed by atoms with Gasteiger partial charge in [-0.25, -0.2) is 13.9 Å². The molecule has 6 nitrogen and oxygen atoms in total. The molecule has 7 heteroatoms. The van der Waals surface area contributed by atoms with Crippen molar-refractivity contribution in [2.24, 2.45) is 0 Å². The summed E-state index contributed by atoms with van der Waals surface area (Å²) in [6.45, 7) is 3.83. The average Bonchev–Trinajstić information content (AvgIpc) is 3.29. The largest absolute Gasteiger partial charge is 0.344 e. The zero-order valence-electron chi connectivity index (χ0n) is 18.7. The van der Waals surface area contributed by atoms with E-state index in [1.807, 2.05) is 67.6 Å². The number of pyridine rings is 2. The molecule has 0 unspecified atom stereocenters. The van der Waals surface area contributed by atoms with Gasteiger partial charge in [0.2, 0.25) is 0 Å². The Bertz CT molecular complexity index is 1460. The SMILES string of the molecule is Cc1ccc(-c2cc(C(=O)N[C@H](C)c3ccc(F)cn3)cn3nc(-c4ccccc4)nc23)cc1. The highest BCUT2D eigenvalue weighted by molar-refractivity contribution is 5.97. The molecule has 1 amide bonds. The van der Waals surface area contributed by atoms with Crippen LogP contribution in [0.25, 0.3) is 28.2 Å². The molecule has 0 aliphatic carbocycles. The summed E-state index contributed by atoms with van der Waals surface area (Å²) in [6.07, 6.45) is 2.81. The molecule has 3 aromatic heterocycles. The molecule has 0 bridgehead atoms. The highest BCUT2D eigenvalue weighted by atomic mass is 19.1. The highest BCUT2D eigenvalue weighted by Gasteiger charge is 2.18. The molecule has 34 heavy (non-hydrogen) atoms. The molecule has 0 aliphatic heterocycles. The molecule has 0 fully saturated rings. The number of aromatic nitrogens is 4. The molecule has 3 heterocycles. The molecule has 0 aliphatic rings. The highest BCUT2D eigenvalue weighted by Crippen LogP contribution is 2.28. The molecular weight excluding hydrogens is 429 g/mol. The van der Waals surface area contributed by atoms with Gasteiger partial charge in [-0.15, -0.1) is 5.10 Å². The Hall–Kier alpha value is -4.39. The number of hydrogen-bond donors (Lipinski definition) is 1. The van der Waals surface area contributed by atoms with Crippen LogP contribution in [-0.4, -0.2) is 25.5 Å². The van der Waals surface area contributed by atoms with Crippen molar-refractivity contribution in [2.75, 3.05) is 0 Å². The molecule has 0 spiro atoms. The number of carbonyl (C=O) groups is 1. The number of rotatable bonds is 5. The Balaban J connectivity index is 1.57. The van der Waals surface area contributed by atoms with Crippen molar-refractivity contribution >= 4 is 11.6 Å². The quantitative estimate of drug-likeness (QED) is 0.389. The van der Waals surface area contributed by atoms with Crippen LogP contribution in [0.5, 0.6) is 0 Å². The number of halogens is 1. The maximum absolute atomic E-state index is 13.2. The van der Waals surface area contributed by atoms with Crippen LogP contribution in [0.2, 0.25) is 0 Å². The topological polar surface area (TPSA) is 72.2 Å². The van der Waals surface area contributed by atoms with Gasteiger partial charge in [0, 0.05) is 17.3 Å². The van der Waals surface area contributed by atoms with Crippen LogP contribution in [-0.2, 0) is 0 Å². The van der Waals surface area contributed by atoms with Crippen LogP contribution in [0.15, 0.2) is 85.2 Å². The minimum absolute atomic E-state index is 0.286. The van der Waals surface area contributed by atoms with Crippen LogP contribution < -0.4 is 5.32 Å². The predicted octanol–water partition coefficient (Wildman–Crippen LogP) is 5.40. The molecule has 0 radical (unpaired) electrons. The molecule has 5 rings (SSSR count).